The van der Waals surface area contributed by atoms with Crippen LogP contribution in [0, 0.1) is 13.8 Å². The van der Waals surface area contributed by atoms with Crippen LogP contribution in [0.15, 0.2) is 42.5 Å². The van der Waals surface area contributed by atoms with E-state index in [-0.39, 0.29) is 5.91 Å². The van der Waals surface area contributed by atoms with E-state index in [9.17, 15) is 9.59 Å². The summed E-state index contributed by atoms with van der Waals surface area (Å²) in [4.78, 5) is 23.0. The van der Waals surface area contributed by atoms with E-state index in [1.54, 1.807) is 24.3 Å². The average molecular weight is 283 g/mol. The molecule has 5 heteroatoms. The minimum atomic E-state index is -0.665. The highest BCUT2D eigenvalue weighted by Crippen LogP contribution is 2.16. The molecule has 0 unspecified atom stereocenters. The van der Waals surface area contributed by atoms with Gasteiger partial charge in [0.1, 0.15) is 0 Å². The summed E-state index contributed by atoms with van der Waals surface area (Å²) in [6.07, 6.45) is 0. The summed E-state index contributed by atoms with van der Waals surface area (Å²) in [6.45, 7) is 4.00. The number of nitrogens with one attached hydrogen (secondary N) is 2. The molecule has 0 radical (unpaired) electrons. The van der Waals surface area contributed by atoms with E-state index in [0.29, 0.717) is 11.3 Å². The van der Waals surface area contributed by atoms with Gasteiger partial charge in [-0.2, -0.15) is 0 Å². The monoisotopic (exact) mass is 283 g/mol. The summed E-state index contributed by atoms with van der Waals surface area (Å²) in [5, 5.41) is 5.26. The van der Waals surface area contributed by atoms with Gasteiger partial charge >= 0.3 is 6.03 Å². The van der Waals surface area contributed by atoms with Gasteiger partial charge in [0.15, 0.2) is 0 Å². The van der Waals surface area contributed by atoms with Crippen molar-refractivity contribution in [3.05, 3.63) is 59.2 Å². The Labute approximate surface area is 123 Å². The van der Waals surface area contributed by atoms with E-state index in [1.165, 1.54) is 5.56 Å². The van der Waals surface area contributed by atoms with Gasteiger partial charge in [0.05, 0.1) is 0 Å². The molecule has 3 amide bonds. The summed E-state index contributed by atoms with van der Waals surface area (Å²) in [5.41, 5.74) is 8.99. The number of nitrogens with two attached hydrogens (primary N) is 1. The molecule has 5 nitrogen and oxygen atoms in total. The van der Waals surface area contributed by atoms with Gasteiger partial charge < -0.3 is 16.4 Å². The number of primary amides is 1. The molecule has 0 bridgehead atoms. The van der Waals surface area contributed by atoms with Gasteiger partial charge in [-0.15, -0.1) is 0 Å². The number of urea groups is 1. The van der Waals surface area contributed by atoms with Crippen molar-refractivity contribution in [3.63, 3.8) is 0 Å². The second-order valence-corrected chi connectivity index (χ2v) is 4.82. The van der Waals surface area contributed by atoms with E-state index in [4.69, 9.17) is 5.73 Å². The largest absolute Gasteiger partial charge is 0.351 e. The van der Waals surface area contributed by atoms with Gasteiger partial charge in [0.2, 0.25) is 0 Å². The van der Waals surface area contributed by atoms with E-state index in [0.717, 1.165) is 11.3 Å². The van der Waals surface area contributed by atoms with Crippen LogP contribution in [0.4, 0.5) is 16.2 Å². The predicted molar refractivity (Wildman–Crippen MR) is 83.5 cm³/mol. The first-order chi connectivity index (χ1) is 9.95. The highest BCUT2D eigenvalue weighted by atomic mass is 16.2. The number of carbonyl (C=O) groups excluding carboxylic acids is 2. The van der Waals surface area contributed by atoms with Crippen molar-refractivity contribution >= 4 is 23.3 Å². The zero-order chi connectivity index (χ0) is 15.4. The molecule has 0 saturated carbocycles. The molecule has 0 heterocycles. The highest BCUT2D eigenvalue weighted by Gasteiger charge is 2.08. The Morgan fingerprint density at radius 3 is 2.29 bits per heavy atom. The lowest BCUT2D eigenvalue weighted by molar-refractivity contribution is 0.102. The first kappa shape index (κ1) is 14.6. The number of amides is 3. The fourth-order valence-corrected chi connectivity index (χ4v) is 1.90. The maximum atomic E-state index is 12.2. The molecule has 4 N–H and O–H groups in total. The van der Waals surface area contributed by atoms with Crippen molar-refractivity contribution in [2.24, 2.45) is 5.73 Å². The third kappa shape index (κ3) is 3.82. The predicted octanol–water partition coefficient (Wildman–Crippen LogP) is 3.05. The Morgan fingerprint density at radius 1 is 0.905 bits per heavy atom. The lowest BCUT2D eigenvalue weighted by atomic mass is 10.1. The topological polar surface area (TPSA) is 84.2 Å². The maximum absolute atomic E-state index is 12.2. The summed E-state index contributed by atoms with van der Waals surface area (Å²) in [5.74, 6) is -0.244. The molecule has 2 aromatic rings. The second-order valence-electron chi connectivity index (χ2n) is 4.82. The molecule has 0 aliphatic rings. The molecule has 0 aromatic heterocycles. The minimum Gasteiger partial charge on any atom is -0.351 e. The van der Waals surface area contributed by atoms with Crippen molar-refractivity contribution < 1.29 is 9.59 Å². The Morgan fingerprint density at radius 2 is 1.62 bits per heavy atom. The van der Waals surface area contributed by atoms with Gasteiger partial charge in [-0.3, -0.25) is 4.79 Å². The molecule has 0 aliphatic heterocycles. The van der Waals surface area contributed by atoms with Crippen LogP contribution in [-0.4, -0.2) is 11.9 Å². The van der Waals surface area contributed by atoms with E-state index in [2.05, 4.69) is 10.6 Å². The number of hydrogen-bond donors (Lipinski definition) is 3. The van der Waals surface area contributed by atoms with E-state index >= 15 is 0 Å². The number of anilines is 2. The zero-order valence-electron chi connectivity index (χ0n) is 11.9. The molecular formula is C16H17N3O2. The molecular weight excluding hydrogens is 266 g/mol. The molecule has 21 heavy (non-hydrogen) atoms. The maximum Gasteiger partial charge on any atom is 0.316 e. The number of carbonyl (C=O) groups is 2. The molecule has 2 rings (SSSR count). The molecule has 108 valence electrons. The average Bonchev–Trinajstić information content (AvgIpc) is 2.42. The van der Waals surface area contributed by atoms with Crippen LogP contribution in [0.1, 0.15) is 21.5 Å². The van der Waals surface area contributed by atoms with Crippen LogP contribution >= 0.6 is 0 Å². The van der Waals surface area contributed by atoms with Crippen molar-refractivity contribution in [1.82, 2.24) is 0 Å². The van der Waals surface area contributed by atoms with Crippen molar-refractivity contribution in [2.45, 2.75) is 13.8 Å². The molecule has 0 saturated heterocycles. The van der Waals surface area contributed by atoms with Crippen LogP contribution in [-0.2, 0) is 0 Å². The van der Waals surface area contributed by atoms with Crippen LogP contribution in [0.3, 0.4) is 0 Å². The first-order valence-corrected chi connectivity index (χ1v) is 6.51. The van der Waals surface area contributed by atoms with Crippen LogP contribution in [0.5, 0.6) is 0 Å². The zero-order valence-corrected chi connectivity index (χ0v) is 11.9. The Hall–Kier alpha value is -2.82. The fourth-order valence-electron chi connectivity index (χ4n) is 1.90. The number of rotatable bonds is 3. The van der Waals surface area contributed by atoms with Gasteiger partial charge in [0, 0.05) is 16.9 Å². The van der Waals surface area contributed by atoms with Crippen LogP contribution in [0.2, 0.25) is 0 Å². The van der Waals surface area contributed by atoms with Gasteiger partial charge in [-0.25, -0.2) is 4.79 Å². The second kappa shape index (κ2) is 6.09. The quantitative estimate of drug-likeness (QED) is 0.808. The van der Waals surface area contributed by atoms with Crippen LogP contribution in [0.25, 0.3) is 0 Å². The van der Waals surface area contributed by atoms with E-state index in [1.807, 2.05) is 32.0 Å². The Balaban J connectivity index is 2.16. The van der Waals surface area contributed by atoms with Gasteiger partial charge in [0.25, 0.3) is 5.91 Å². The number of aryl methyl sites for hydroxylation is 2. The Kier molecular flexibility index (Phi) is 4.23. The smallest absolute Gasteiger partial charge is 0.316 e. The summed E-state index contributed by atoms with van der Waals surface area (Å²) >= 11 is 0. The van der Waals surface area contributed by atoms with Crippen molar-refractivity contribution in [2.75, 3.05) is 10.6 Å². The summed E-state index contributed by atoms with van der Waals surface area (Å²) in [6, 6.07) is 11.6. The third-order valence-corrected chi connectivity index (χ3v) is 3.16. The number of hydrogen-bond acceptors (Lipinski definition) is 2. The van der Waals surface area contributed by atoms with Crippen molar-refractivity contribution in [3.8, 4) is 0 Å². The molecule has 0 atom stereocenters. The van der Waals surface area contributed by atoms with Crippen LogP contribution < -0.4 is 16.4 Å². The first-order valence-electron chi connectivity index (χ1n) is 6.51. The highest BCUT2D eigenvalue weighted by molar-refractivity contribution is 6.05. The number of benzene rings is 2. The van der Waals surface area contributed by atoms with Gasteiger partial charge in [-0.05, 0) is 55.3 Å². The van der Waals surface area contributed by atoms with Gasteiger partial charge in [-0.1, -0.05) is 12.1 Å². The lowest BCUT2D eigenvalue weighted by Gasteiger charge is -2.09. The third-order valence-electron chi connectivity index (χ3n) is 3.16. The fraction of sp³-hybridized carbons (Fsp3) is 0.125. The van der Waals surface area contributed by atoms with Crippen molar-refractivity contribution in [1.29, 1.82) is 0 Å². The minimum absolute atomic E-state index is 0.244. The Bertz CT molecular complexity index is 696. The molecule has 2 aromatic carbocycles. The summed E-state index contributed by atoms with van der Waals surface area (Å²) < 4.78 is 0. The molecule has 0 spiro atoms. The standard InChI is InChI=1S/C16H17N3O2/c1-10-6-7-14(8-11(10)2)18-15(20)12-4-3-5-13(9-12)19-16(17)21/h3-9H,1-2H3,(H,18,20)(H3,17,19,21). The molecule has 0 fully saturated rings. The molecule has 0 aliphatic carbocycles. The normalized spacial score (nSPS) is 10.0. The SMILES string of the molecule is Cc1ccc(NC(=O)c2cccc(NC(N)=O)c2)cc1C. The van der Waals surface area contributed by atoms with E-state index < -0.39 is 6.03 Å². The summed E-state index contributed by atoms with van der Waals surface area (Å²) in [7, 11) is 0. The lowest BCUT2D eigenvalue weighted by Crippen LogP contribution is -2.19.